The maximum absolute atomic E-state index is 12.3. The lowest BCUT2D eigenvalue weighted by atomic mass is 9.35. The van der Waals surface area contributed by atoms with Gasteiger partial charge in [0, 0.05) is 24.2 Å². The third-order valence-electron chi connectivity index (χ3n) is 20.8. The summed E-state index contributed by atoms with van der Waals surface area (Å²) in [5, 5.41) is 131. The number of ether oxygens (including phenoxy) is 10. The summed E-state index contributed by atoms with van der Waals surface area (Å²) in [5.74, 6) is -0.293. The summed E-state index contributed by atoms with van der Waals surface area (Å²) in [6.45, 7) is 15.4. The van der Waals surface area contributed by atoms with Crippen molar-refractivity contribution in [3.63, 3.8) is 0 Å². The van der Waals surface area contributed by atoms with Crippen LogP contribution in [0.2, 0.25) is 0 Å². The quantitative estimate of drug-likeness (QED) is 0.0856. The third-order valence-corrected chi connectivity index (χ3v) is 20.8. The zero-order valence-electron chi connectivity index (χ0n) is 44.4. The summed E-state index contributed by atoms with van der Waals surface area (Å²) in [5.41, 5.74) is -0.796. The van der Waals surface area contributed by atoms with Gasteiger partial charge in [-0.05, 0) is 100 Å². The molecule has 0 aromatic heterocycles. The van der Waals surface area contributed by atoms with Gasteiger partial charge in [0.25, 0.3) is 0 Å². The highest BCUT2D eigenvalue weighted by Gasteiger charge is 2.81. The predicted molar refractivity (Wildman–Crippen MR) is 256 cm³/mol. The topological polar surface area (TPSA) is 335 Å². The van der Waals surface area contributed by atoms with Crippen LogP contribution >= 0.6 is 0 Å². The van der Waals surface area contributed by atoms with Gasteiger partial charge in [0.2, 0.25) is 0 Å². The molecule has 0 unspecified atom stereocenters. The van der Waals surface area contributed by atoms with Gasteiger partial charge >= 0.3 is 0 Å². The first-order valence-corrected chi connectivity index (χ1v) is 27.4. The molecule has 0 amide bonds. The van der Waals surface area contributed by atoms with E-state index in [1.807, 2.05) is 20.8 Å². The molecule has 430 valence electrons. The van der Waals surface area contributed by atoms with Gasteiger partial charge in [0.1, 0.15) is 85.5 Å². The Balaban J connectivity index is 0.922. The maximum Gasteiger partial charge on any atom is 0.187 e. The van der Waals surface area contributed by atoms with Crippen molar-refractivity contribution in [2.45, 2.75) is 247 Å². The van der Waals surface area contributed by atoms with Gasteiger partial charge in [-0.1, -0.05) is 39.3 Å². The van der Waals surface area contributed by atoms with Crippen molar-refractivity contribution in [3.8, 4) is 0 Å². The Labute approximate surface area is 438 Å². The highest BCUT2D eigenvalue weighted by Crippen LogP contribution is 2.80. The minimum atomic E-state index is -1.95. The van der Waals surface area contributed by atoms with Gasteiger partial charge in [-0.3, -0.25) is 0 Å². The van der Waals surface area contributed by atoms with Crippen LogP contribution < -0.4 is 0 Å². The molecule has 30 atom stereocenters. The molecule has 0 aromatic carbocycles. The van der Waals surface area contributed by atoms with Crippen molar-refractivity contribution in [2.24, 2.45) is 45.3 Å². The Bertz CT molecular complexity index is 2060. The molecule has 75 heavy (non-hydrogen) atoms. The van der Waals surface area contributed by atoms with E-state index in [1.165, 1.54) is 6.92 Å². The van der Waals surface area contributed by atoms with Crippen LogP contribution in [0.3, 0.4) is 0 Å². The first-order valence-electron chi connectivity index (χ1n) is 27.4. The summed E-state index contributed by atoms with van der Waals surface area (Å²) < 4.78 is 63.5. The van der Waals surface area contributed by atoms with Crippen molar-refractivity contribution < 1.29 is 109 Å². The minimum absolute atomic E-state index is 0.121. The average Bonchev–Trinajstić information content (AvgIpc) is 4.08. The lowest BCUT2D eigenvalue weighted by Gasteiger charge is -2.70. The van der Waals surface area contributed by atoms with Crippen LogP contribution in [0.5, 0.6) is 0 Å². The second kappa shape index (κ2) is 20.4. The van der Waals surface area contributed by atoms with Gasteiger partial charge < -0.3 is 109 Å². The smallest absolute Gasteiger partial charge is 0.187 e. The Kier molecular flexibility index (Phi) is 15.5. The first kappa shape index (κ1) is 57.1. The highest BCUT2D eigenvalue weighted by atomic mass is 16.8. The van der Waals surface area contributed by atoms with Crippen molar-refractivity contribution in [2.75, 3.05) is 26.4 Å². The molecule has 6 aliphatic heterocycles. The number of allylic oxidation sites excluding steroid dienone is 1. The fourth-order valence-corrected chi connectivity index (χ4v) is 17.2. The van der Waals surface area contributed by atoms with E-state index in [1.54, 1.807) is 0 Å². The first-order chi connectivity index (χ1) is 35.2. The summed E-state index contributed by atoms with van der Waals surface area (Å²) in [7, 11) is 0. The second-order valence-corrected chi connectivity index (χ2v) is 25.8. The van der Waals surface area contributed by atoms with E-state index >= 15 is 0 Å². The van der Waals surface area contributed by atoms with Gasteiger partial charge in [-0.25, -0.2) is 0 Å². The molecule has 10 aliphatic rings. The predicted octanol–water partition coefficient (Wildman–Crippen LogP) is -1.18. The van der Waals surface area contributed by atoms with Crippen LogP contribution in [0.15, 0.2) is 11.6 Å². The Hall–Kier alpha value is -1.14. The molecule has 2 bridgehead atoms. The van der Waals surface area contributed by atoms with Crippen LogP contribution in [0, 0.1) is 45.3 Å². The van der Waals surface area contributed by atoms with Gasteiger partial charge in [-0.15, -0.1) is 0 Å². The largest absolute Gasteiger partial charge is 0.394 e. The van der Waals surface area contributed by atoms with Crippen molar-refractivity contribution in [3.05, 3.63) is 11.6 Å². The molecule has 0 aromatic rings. The van der Waals surface area contributed by atoms with Crippen molar-refractivity contribution in [1.82, 2.24) is 0 Å². The third kappa shape index (κ3) is 9.07. The Morgan fingerprint density at radius 2 is 1.24 bits per heavy atom. The van der Waals surface area contributed by atoms with Gasteiger partial charge in [-0.2, -0.15) is 0 Å². The van der Waals surface area contributed by atoms with Crippen LogP contribution in [-0.4, -0.2) is 228 Å². The zero-order chi connectivity index (χ0) is 54.3. The molecule has 2 spiro atoms. The highest BCUT2D eigenvalue weighted by molar-refractivity contribution is 5.27. The molecule has 6 saturated heterocycles. The SMILES string of the molecule is CC(C)=C[C@H]1C[C@](C)(O)[C@@H]2[C@H]3CC[C@@H]4[C@@]5(C)CC[C@H](O[C@@H]6OC[C@H](O)[C@H](O[C@@H]7O[C@H](CO)[C@@H](O)[C@H](O)[C@H]7O[C@@H]7O[C@H](CO)[C@@H](O)[C@H](O)[C@H]7O)[C@H]6O[C@@H]6O[C@@H](C)[C@H](O)[C@@H](O)[C@H]6O)C(C)(C)[C@@H]5CC[C@@]4(C)[C@@]34CO[C@@]2(C4)O1. The van der Waals surface area contributed by atoms with E-state index in [-0.39, 0.29) is 40.1 Å². The molecule has 22 nitrogen and oxygen atoms in total. The molecule has 22 heteroatoms. The van der Waals surface area contributed by atoms with E-state index < -0.39 is 159 Å². The number of aliphatic hydroxyl groups is 12. The average molecular weight is 1080 g/mol. The number of hydrogen-bond donors (Lipinski definition) is 12. The zero-order valence-corrected chi connectivity index (χ0v) is 44.4. The molecule has 0 radical (unpaired) electrons. The molecule has 6 heterocycles. The summed E-state index contributed by atoms with van der Waals surface area (Å²) >= 11 is 0. The molecular weight excluding hydrogens is 989 g/mol. The molecular formula is C53H86O22. The lowest BCUT2D eigenvalue weighted by molar-refractivity contribution is -0.401. The molecule has 4 aliphatic carbocycles. The summed E-state index contributed by atoms with van der Waals surface area (Å²) in [4.78, 5) is 0. The molecule has 4 saturated carbocycles. The minimum Gasteiger partial charge on any atom is -0.394 e. The van der Waals surface area contributed by atoms with E-state index in [0.717, 1.165) is 44.1 Å². The van der Waals surface area contributed by atoms with Crippen LogP contribution in [0.25, 0.3) is 0 Å². The second-order valence-electron chi connectivity index (χ2n) is 25.8. The van der Waals surface area contributed by atoms with Crippen LogP contribution in [-0.2, 0) is 47.4 Å². The fourth-order valence-electron chi connectivity index (χ4n) is 17.2. The Morgan fingerprint density at radius 1 is 0.627 bits per heavy atom. The monoisotopic (exact) mass is 1070 g/mol. The maximum atomic E-state index is 12.3. The standard InChI is InChI=1S/C53H86O22/c1-22(2)15-24-16-51(8,65)43-25-9-10-30-49(6)13-12-31(48(4,5)29(49)11-14-50(30,7)52(25)20-53(43,75-24)67-21-52)71-46-42(74-44-38(63)35(60)32(57)23(3)68-44)40(26(56)19-66-46)72-47-41(37(62)34(59)28(18-55)70-47)73-45-39(64)36(61)33(58)27(17-54)69-45/h15,23-47,54-65H,9-14,16-21H2,1-8H3/t23-,24-,25+,26-,27+,28+,29-,30+,31-,32-,33+,34+,35+,36-,37-,38+,39+,40-,41+,42+,43-,44-,45-,46-,47-,49-,50+,51-,52-,53-/m0/s1. The van der Waals surface area contributed by atoms with Crippen LogP contribution in [0.4, 0.5) is 0 Å². The number of aliphatic hydroxyl groups excluding tert-OH is 11. The summed E-state index contributed by atoms with van der Waals surface area (Å²) in [6, 6.07) is 0. The fraction of sp³-hybridized carbons (Fsp3) is 0.962. The van der Waals surface area contributed by atoms with Crippen molar-refractivity contribution >= 4 is 0 Å². The van der Waals surface area contributed by atoms with E-state index in [9.17, 15) is 61.3 Å². The molecule has 12 N–H and O–H groups in total. The van der Waals surface area contributed by atoms with Crippen LogP contribution in [0.1, 0.15) is 107 Å². The lowest BCUT2D eigenvalue weighted by Crippen LogP contribution is -2.68. The van der Waals surface area contributed by atoms with Gasteiger partial charge in [0.05, 0.1) is 50.3 Å². The molecule has 10 fully saturated rings. The van der Waals surface area contributed by atoms with Gasteiger partial charge in [0.15, 0.2) is 30.9 Å². The van der Waals surface area contributed by atoms with E-state index in [2.05, 4.69) is 33.8 Å². The Morgan fingerprint density at radius 3 is 1.91 bits per heavy atom. The summed E-state index contributed by atoms with van der Waals surface area (Å²) in [6.07, 6.45) is -23.7. The number of rotatable bonds is 11. The normalized spacial score (nSPS) is 57.3. The van der Waals surface area contributed by atoms with E-state index in [0.29, 0.717) is 25.4 Å². The number of fused-ring (bicyclic) bond motifs is 4. The molecule has 10 rings (SSSR count). The van der Waals surface area contributed by atoms with Crippen molar-refractivity contribution in [1.29, 1.82) is 0 Å². The number of hydrogen-bond acceptors (Lipinski definition) is 22. The van der Waals surface area contributed by atoms with E-state index in [4.69, 9.17) is 47.4 Å².